The van der Waals surface area contributed by atoms with Crippen LogP contribution in [-0.4, -0.2) is 35.0 Å². The first-order valence-electron chi connectivity index (χ1n) is 7.80. The number of sulfonamides is 1. The fourth-order valence-corrected chi connectivity index (χ4v) is 2.71. The number of halogens is 1. The fourth-order valence-electron chi connectivity index (χ4n) is 1.93. The van der Waals surface area contributed by atoms with Crippen molar-refractivity contribution in [3.05, 3.63) is 35.4 Å². The molecule has 0 unspecified atom stereocenters. The second-order valence-electron chi connectivity index (χ2n) is 5.81. The van der Waals surface area contributed by atoms with Crippen LogP contribution in [0.3, 0.4) is 0 Å². The fraction of sp³-hybridized carbons (Fsp3) is 0.562. The van der Waals surface area contributed by atoms with Gasteiger partial charge in [0.05, 0.1) is 5.75 Å². The van der Waals surface area contributed by atoms with Crippen LogP contribution >= 0.6 is 24.0 Å². The minimum absolute atomic E-state index is 0. The summed E-state index contributed by atoms with van der Waals surface area (Å²) in [6.07, 6.45) is 1.09. The van der Waals surface area contributed by atoms with Crippen LogP contribution in [-0.2, 0) is 22.3 Å². The molecule has 0 radical (unpaired) electrons. The highest BCUT2D eigenvalue weighted by Crippen LogP contribution is 2.07. The number of benzene rings is 1. The molecule has 0 atom stereocenters. The maximum absolute atomic E-state index is 11.5. The van der Waals surface area contributed by atoms with Crippen LogP contribution in [0.25, 0.3) is 0 Å². The van der Waals surface area contributed by atoms with E-state index in [9.17, 15) is 8.42 Å². The lowest BCUT2D eigenvalue weighted by atomic mass is 10.1. The van der Waals surface area contributed by atoms with Crippen molar-refractivity contribution >= 4 is 40.0 Å². The molecule has 0 heterocycles. The Labute approximate surface area is 163 Å². The Morgan fingerprint density at radius 3 is 2.21 bits per heavy atom. The van der Waals surface area contributed by atoms with Crippen molar-refractivity contribution in [1.29, 1.82) is 0 Å². The number of hydrogen-bond acceptors (Lipinski definition) is 3. The van der Waals surface area contributed by atoms with Gasteiger partial charge in [-0.1, -0.05) is 38.1 Å². The molecule has 0 saturated carbocycles. The number of nitrogens with zero attached hydrogens (tertiary/aromatic N) is 1. The molecule has 0 bridgehead atoms. The first-order valence-corrected chi connectivity index (χ1v) is 9.45. The minimum atomic E-state index is -3.23. The Balaban J connectivity index is 0.00000529. The van der Waals surface area contributed by atoms with E-state index < -0.39 is 10.0 Å². The van der Waals surface area contributed by atoms with Crippen molar-refractivity contribution < 1.29 is 8.42 Å². The van der Waals surface area contributed by atoms with Crippen molar-refractivity contribution in [3.8, 4) is 0 Å². The summed E-state index contributed by atoms with van der Waals surface area (Å²) in [6, 6.07) is 7.52. The molecule has 3 N–H and O–H groups in total. The summed E-state index contributed by atoms with van der Waals surface area (Å²) in [7, 11) is -0.0586. The molecule has 138 valence electrons. The van der Waals surface area contributed by atoms with Crippen molar-refractivity contribution in [2.45, 2.75) is 32.6 Å². The third kappa shape index (κ3) is 9.43. The zero-order valence-corrected chi connectivity index (χ0v) is 17.9. The van der Waals surface area contributed by atoms with E-state index in [4.69, 9.17) is 0 Å². The minimum Gasteiger partial charge on any atom is -0.356 e. The topological polar surface area (TPSA) is 82.6 Å². The van der Waals surface area contributed by atoms with Gasteiger partial charge in [0.25, 0.3) is 0 Å². The first kappa shape index (κ1) is 23.1. The Hall–Kier alpha value is -0.870. The van der Waals surface area contributed by atoms with Gasteiger partial charge < -0.3 is 10.6 Å². The molecule has 8 heteroatoms. The van der Waals surface area contributed by atoms with E-state index in [1.54, 1.807) is 7.05 Å². The molecule has 1 rings (SSSR count). The highest BCUT2D eigenvalue weighted by molar-refractivity contribution is 14.0. The second kappa shape index (κ2) is 11.6. The third-order valence-electron chi connectivity index (χ3n) is 3.39. The molecule has 0 amide bonds. The van der Waals surface area contributed by atoms with Gasteiger partial charge in [-0.25, -0.2) is 13.1 Å². The summed E-state index contributed by atoms with van der Waals surface area (Å²) in [5, 5.41) is 6.52. The Morgan fingerprint density at radius 1 is 1.12 bits per heavy atom. The molecule has 6 nitrogen and oxygen atoms in total. The van der Waals surface area contributed by atoms with Crippen molar-refractivity contribution in [1.82, 2.24) is 15.4 Å². The van der Waals surface area contributed by atoms with E-state index in [1.165, 1.54) is 7.05 Å². The van der Waals surface area contributed by atoms with Crippen molar-refractivity contribution in [2.24, 2.45) is 10.9 Å². The molecule has 0 aromatic heterocycles. The normalized spacial score (nSPS) is 12.0. The average Bonchev–Trinajstić information content (AvgIpc) is 2.51. The quantitative estimate of drug-likeness (QED) is 0.310. The molecule has 24 heavy (non-hydrogen) atoms. The van der Waals surface area contributed by atoms with Gasteiger partial charge in [-0.3, -0.25) is 4.99 Å². The maximum atomic E-state index is 11.5. The summed E-state index contributed by atoms with van der Waals surface area (Å²) in [5.74, 6) is 1.42. The SMILES string of the molecule is CN=C(NCCC(C)C)NCc1ccc(CS(=O)(=O)NC)cc1.I. The van der Waals surface area contributed by atoms with Crippen LogP contribution in [0.1, 0.15) is 31.4 Å². The van der Waals surface area contributed by atoms with E-state index >= 15 is 0 Å². The van der Waals surface area contributed by atoms with Crippen LogP contribution in [0.2, 0.25) is 0 Å². The Bertz CT molecular complexity index is 601. The largest absolute Gasteiger partial charge is 0.356 e. The predicted molar refractivity (Wildman–Crippen MR) is 111 cm³/mol. The van der Waals surface area contributed by atoms with Crippen LogP contribution < -0.4 is 15.4 Å². The molecule has 0 aliphatic rings. The lowest BCUT2D eigenvalue weighted by Crippen LogP contribution is -2.37. The van der Waals surface area contributed by atoms with Gasteiger partial charge in [0.2, 0.25) is 10.0 Å². The third-order valence-corrected chi connectivity index (χ3v) is 4.72. The molecule has 1 aromatic rings. The van der Waals surface area contributed by atoms with Crippen molar-refractivity contribution in [2.75, 3.05) is 20.6 Å². The van der Waals surface area contributed by atoms with Gasteiger partial charge in [0.1, 0.15) is 0 Å². The Kier molecular flexibility index (Phi) is 11.2. The number of rotatable bonds is 8. The Morgan fingerprint density at radius 2 is 1.71 bits per heavy atom. The molecule has 0 aliphatic carbocycles. The molecule has 0 spiro atoms. The lowest BCUT2D eigenvalue weighted by Gasteiger charge is -2.13. The molecule has 1 aromatic carbocycles. The monoisotopic (exact) mass is 468 g/mol. The summed E-state index contributed by atoms with van der Waals surface area (Å²) < 4.78 is 25.3. The highest BCUT2D eigenvalue weighted by atomic mass is 127. The van der Waals surface area contributed by atoms with Crippen molar-refractivity contribution in [3.63, 3.8) is 0 Å². The maximum Gasteiger partial charge on any atom is 0.215 e. The number of nitrogens with one attached hydrogen (secondary N) is 3. The van der Waals surface area contributed by atoms with E-state index in [2.05, 4.69) is 34.2 Å². The van der Waals surface area contributed by atoms with E-state index in [0.29, 0.717) is 12.5 Å². The van der Waals surface area contributed by atoms with Gasteiger partial charge >= 0.3 is 0 Å². The number of guanidine groups is 1. The predicted octanol–water partition coefficient (Wildman–Crippen LogP) is 2.06. The van der Waals surface area contributed by atoms with E-state index in [0.717, 1.165) is 30.1 Å². The second-order valence-corrected chi connectivity index (χ2v) is 7.74. The van der Waals surface area contributed by atoms with Gasteiger partial charge in [-0.2, -0.15) is 0 Å². The lowest BCUT2D eigenvalue weighted by molar-refractivity contribution is 0.573. The summed E-state index contributed by atoms with van der Waals surface area (Å²) in [6.45, 7) is 5.90. The standard InChI is InChI=1S/C16H28N4O2S.HI/c1-13(2)9-10-19-16(17-3)20-11-14-5-7-15(8-6-14)12-23(21,22)18-4;/h5-8,13,18H,9-12H2,1-4H3,(H2,17,19,20);1H. The molecule has 0 aliphatic heterocycles. The summed E-state index contributed by atoms with van der Waals surface area (Å²) in [5.41, 5.74) is 1.84. The van der Waals surface area contributed by atoms with Gasteiger partial charge in [0, 0.05) is 20.1 Å². The zero-order chi connectivity index (χ0) is 17.3. The molecule has 0 saturated heterocycles. The first-order chi connectivity index (χ1) is 10.9. The van der Waals surface area contributed by atoms with Crippen LogP contribution in [0.4, 0.5) is 0 Å². The summed E-state index contributed by atoms with van der Waals surface area (Å²) >= 11 is 0. The van der Waals surface area contributed by atoms with Gasteiger partial charge in [-0.15, -0.1) is 24.0 Å². The summed E-state index contributed by atoms with van der Waals surface area (Å²) in [4.78, 5) is 4.18. The highest BCUT2D eigenvalue weighted by Gasteiger charge is 2.08. The number of aliphatic imine (C=N–C) groups is 1. The molecular weight excluding hydrogens is 439 g/mol. The van der Waals surface area contributed by atoms with Gasteiger partial charge in [-0.05, 0) is 30.5 Å². The average molecular weight is 468 g/mol. The van der Waals surface area contributed by atoms with E-state index in [-0.39, 0.29) is 29.7 Å². The molecular formula is C16H29IN4O2S. The van der Waals surface area contributed by atoms with Crippen LogP contribution in [0.15, 0.2) is 29.3 Å². The van der Waals surface area contributed by atoms with Gasteiger partial charge in [0.15, 0.2) is 5.96 Å². The smallest absolute Gasteiger partial charge is 0.215 e. The van der Waals surface area contributed by atoms with Crippen LogP contribution in [0, 0.1) is 5.92 Å². The van der Waals surface area contributed by atoms with Crippen LogP contribution in [0.5, 0.6) is 0 Å². The zero-order valence-electron chi connectivity index (χ0n) is 14.8. The number of hydrogen-bond donors (Lipinski definition) is 3. The van der Waals surface area contributed by atoms with E-state index in [1.807, 2.05) is 24.3 Å². The molecule has 0 fully saturated rings.